The minimum atomic E-state index is -0.349. The quantitative estimate of drug-likeness (QED) is 0.654. The van der Waals surface area contributed by atoms with E-state index in [4.69, 9.17) is 17.3 Å². The molecule has 0 radical (unpaired) electrons. The Kier molecular flexibility index (Phi) is 4.15. The molecule has 0 fully saturated rings. The Labute approximate surface area is 115 Å². The van der Waals surface area contributed by atoms with E-state index in [0.717, 1.165) is 10.5 Å². The van der Waals surface area contributed by atoms with Crippen molar-refractivity contribution in [2.45, 2.75) is 17.6 Å². The predicted molar refractivity (Wildman–Crippen MR) is 76.6 cm³/mol. The summed E-state index contributed by atoms with van der Waals surface area (Å²) in [4.78, 5) is 0.967. The summed E-state index contributed by atoms with van der Waals surface area (Å²) in [5.41, 5.74) is 8.33. The number of hydrogen-bond acceptors (Lipinski definition) is 2. The van der Waals surface area contributed by atoms with Crippen LogP contribution < -0.4 is 5.73 Å². The lowest BCUT2D eigenvalue weighted by molar-refractivity contribution is 0.618. The van der Waals surface area contributed by atoms with E-state index in [1.807, 2.05) is 25.1 Å². The molecule has 0 atom stereocenters. The van der Waals surface area contributed by atoms with E-state index >= 15 is 0 Å². The molecule has 2 aromatic rings. The van der Waals surface area contributed by atoms with Crippen molar-refractivity contribution in [3.8, 4) is 0 Å². The summed E-state index contributed by atoms with van der Waals surface area (Å²) < 4.78 is 13.7. The van der Waals surface area contributed by atoms with E-state index in [1.54, 1.807) is 18.2 Å². The molecule has 0 amide bonds. The lowest BCUT2D eigenvalue weighted by Crippen LogP contribution is -1.92. The first kappa shape index (κ1) is 13.2. The van der Waals surface area contributed by atoms with Crippen LogP contribution in [0.25, 0.3) is 0 Å². The summed E-state index contributed by atoms with van der Waals surface area (Å²) in [6, 6.07) is 10.9. The molecule has 1 nitrogen and oxygen atoms in total. The van der Waals surface area contributed by atoms with Gasteiger partial charge in [-0.3, -0.25) is 0 Å². The topological polar surface area (TPSA) is 26.0 Å². The Balaban J connectivity index is 2.16. The highest BCUT2D eigenvalue weighted by molar-refractivity contribution is 7.98. The average molecular weight is 282 g/mol. The number of halogens is 2. The summed E-state index contributed by atoms with van der Waals surface area (Å²) in [5.74, 6) is 0.165. The summed E-state index contributed by atoms with van der Waals surface area (Å²) in [5, 5.41) is 0.158. The van der Waals surface area contributed by atoms with Gasteiger partial charge in [-0.25, -0.2) is 4.39 Å². The number of nitrogen functional groups attached to an aromatic ring is 1. The van der Waals surface area contributed by atoms with Crippen molar-refractivity contribution in [1.29, 1.82) is 0 Å². The van der Waals surface area contributed by atoms with Gasteiger partial charge in [0.1, 0.15) is 5.82 Å². The molecule has 0 unspecified atom stereocenters. The van der Waals surface area contributed by atoms with Crippen molar-refractivity contribution in [3.05, 3.63) is 58.4 Å². The zero-order chi connectivity index (χ0) is 13.1. The molecule has 0 saturated heterocycles. The van der Waals surface area contributed by atoms with Gasteiger partial charge in [0.15, 0.2) is 0 Å². The molecule has 0 aliphatic rings. The van der Waals surface area contributed by atoms with Gasteiger partial charge in [-0.1, -0.05) is 29.8 Å². The number of anilines is 1. The van der Waals surface area contributed by atoms with Crippen LogP contribution in [0.5, 0.6) is 0 Å². The largest absolute Gasteiger partial charge is 0.398 e. The molecule has 4 heteroatoms. The minimum Gasteiger partial charge on any atom is -0.398 e. The van der Waals surface area contributed by atoms with E-state index in [9.17, 15) is 4.39 Å². The van der Waals surface area contributed by atoms with Crippen molar-refractivity contribution in [1.82, 2.24) is 0 Å². The van der Waals surface area contributed by atoms with Crippen LogP contribution in [0.2, 0.25) is 5.02 Å². The maximum atomic E-state index is 13.7. The third-order valence-electron chi connectivity index (χ3n) is 2.58. The molecule has 94 valence electrons. The van der Waals surface area contributed by atoms with Crippen molar-refractivity contribution in [2.75, 3.05) is 5.73 Å². The lowest BCUT2D eigenvalue weighted by Gasteiger charge is -2.08. The molecule has 2 rings (SSSR count). The zero-order valence-electron chi connectivity index (χ0n) is 9.91. The van der Waals surface area contributed by atoms with Crippen molar-refractivity contribution >= 4 is 29.1 Å². The van der Waals surface area contributed by atoms with Gasteiger partial charge in [-0.05, 0) is 36.2 Å². The molecule has 18 heavy (non-hydrogen) atoms. The van der Waals surface area contributed by atoms with E-state index in [1.165, 1.54) is 11.8 Å². The lowest BCUT2D eigenvalue weighted by atomic mass is 10.2. The predicted octanol–water partition coefficient (Wildman–Crippen LogP) is 4.66. The maximum absolute atomic E-state index is 13.7. The van der Waals surface area contributed by atoms with Crippen LogP contribution in [0.15, 0.2) is 41.3 Å². The molecular formula is C14H13ClFNS. The highest BCUT2D eigenvalue weighted by atomic mass is 35.5. The van der Waals surface area contributed by atoms with Gasteiger partial charge in [0.05, 0.1) is 5.02 Å². The molecular weight excluding hydrogens is 269 g/mol. The van der Waals surface area contributed by atoms with Crippen molar-refractivity contribution in [2.24, 2.45) is 0 Å². The molecule has 0 aliphatic heterocycles. The molecule has 0 spiro atoms. The highest BCUT2D eigenvalue weighted by Gasteiger charge is 2.07. The summed E-state index contributed by atoms with van der Waals surface area (Å²) in [6.45, 7) is 2.00. The number of hydrogen-bond donors (Lipinski definition) is 1. The van der Waals surface area contributed by atoms with Crippen LogP contribution in [0, 0.1) is 12.7 Å². The summed E-state index contributed by atoms with van der Waals surface area (Å²) in [6.07, 6.45) is 0. The number of aryl methyl sites for hydroxylation is 1. The normalized spacial score (nSPS) is 10.6. The Bertz CT molecular complexity index is 570. The van der Waals surface area contributed by atoms with E-state index in [2.05, 4.69) is 0 Å². The third kappa shape index (κ3) is 2.98. The Morgan fingerprint density at radius 2 is 2.06 bits per heavy atom. The molecule has 0 saturated carbocycles. The van der Waals surface area contributed by atoms with Gasteiger partial charge in [-0.2, -0.15) is 0 Å². The molecule has 2 N–H and O–H groups in total. The van der Waals surface area contributed by atoms with Crippen molar-refractivity contribution < 1.29 is 4.39 Å². The first-order valence-corrected chi connectivity index (χ1v) is 6.86. The highest BCUT2D eigenvalue weighted by Crippen LogP contribution is 2.30. The first-order chi connectivity index (χ1) is 8.58. The average Bonchev–Trinajstić information content (AvgIpc) is 2.35. The number of thioether (sulfide) groups is 1. The second kappa shape index (κ2) is 5.63. The van der Waals surface area contributed by atoms with Gasteiger partial charge in [0.25, 0.3) is 0 Å². The molecule has 2 aromatic carbocycles. The summed E-state index contributed by atoms with van der Waals surface area (Å²) >= 11 is 7.26. The third-order valence-corrected chi connectivity index (χ3v) is 4.00. The maximum Gasteiger partial charge on any atom is 0.145 e. The van der Waals surface area contributed by atoms with Crippen molar-refractivity contribution in [3.63, 3.8) is 0 Å². The van der Waals surface area contributed by atoms with Crippen LogP contribution in [0.1, 0.15) is 11.1 Å². The standard InChI is InChI=1S/C14H13ClFNS/c1-9-5-6-12(17)13(7-9)18-8-10-3-2-4-11(15)14(10)16/h2-7H,8,17H2,1H3. The monoisotopic (exact) mass is 281 g/mol. The van der Waals surface area contributed by atoms with Crippen LogP contribution in [-0.2, 0) is 5.75 Å². The van der Waals surface area contributed by atoms with Crippen LogP contribution >= 0.6 is 23.4 Å². The first-order valence-electron chi connectivity index (χ1n) is 5.50. The van der Waals surface area contributed by atoms with Gasteiger partial charge in [0.2, 0.25) is 0 Å². The second-order valence-corrected chi connectivity index (χ2v) is 5.47. The van der Waals surface area contributed by atoms with Crippen LogP contribution in [0.3, 0.4) is 0 Å². The van der Waals surface area contributed by atoms with Crippen LogP contribution in [0.4, 0.5) is 10.1 Å². The second-order valence-electron chi connectivity index (χ2n) is 4.04. The fourth-order valence-electron chi connectivity index (χ4n) is 1.58. The molecule has 0 heterocycles. The zero-order valence-corrected chi connectivity index (χ0v) is 11.5. The molecule has 0 aliphatic carbocycles. The number of benzene rings is 2. The van der Waals surface area contributed by atoms with Gasteiger partial charge >= 0.3 is 0 Å². The van der Waals surface area contributed by atoms with E-state index in [-0.39, 0.29) is 10.8 Å². The molecule has 0 aromatic heterocycles. The SMILES string of the molecule is Cc1ccc(N)c(SCc2cccc(Cl)c2F)c1. The van der Waals surface area contributed by atoms with E-state index in [0.29, 0.717) is 17.0 Å². The minimum absolute atomic E-state index is 0.158. The van der Waals surface area contributed by atoms with Gasteiger partial charge < -0.3 is 5.73 Å². The molecule has 0 bridgehead atoms. The Morgan fingerprint density at radius 1 is 1.28 bits per heavy atom. The number of nitrogens with two attached hydrogens (primary N) is 1. The number of rotatable bonds is 3. The Morgan fingerprint density at radius 3 is 2.83 bits per heavy atom. The fraction of sp³-hybridized carbons (Fsp3) is 0.143. The fourth-order valence-corrected chi connectivity index (χ4v) is 2.81. The smallest absolute Gasteiger partial charge is 0.145 e. The van der Waals surface area contributed by atoms with E-state index < -0.39 is 0 Å². The Hall–Kier alpha value is -1.19. The van der Waals surface area contributed by atoms with Gasteiger partial charge in [0, 0.05) is 16.3 Å². The van der Waals surface area contributed by atoms with Gasteiger partial charge in [-0.15, -0.1) is 11.8 Å². The van der Waals surface area contributed by atoms with Crippen LogP contribution in [-0.4, -0.2) is 0 Å². The summed E-state index contributed by atoms with van der Waals surface area (Å²) in [7, 11) is 0.